The minimum absolute atomic E-state index is 0.0722. The van der Waals surface area contributed by atoms with Gasteiger partial charge in [-0.1, -0.05) is 18.5 Å². The number of piperidine rings is 1. The summed E-state index contributed by atoms with van der Waals surface area (Å²) in [6.07, 6.45) is 6.72. The second kappa shape index (κ2) is 8.77. The Labute approximate surface area is 171 Å². The highest BCUT2D eigenvalue weighted by atomic mass is 35.5. The quantitative estimate of drug-likeness (QED) is 0.517. The minimum Gasteiger partial charge on any atom is -0.444 e. The van der Waals surface area contributed by atoms with E-state index < -0.39 is 5.60 Å². The third-order valence-corrected chi connectivity index (χ3v) is 4.95. The molecule has 2 rings (SSSR count). The molecule has 0 saturated carbocycles. The SMILES string of the molecule is CC(c1cnn(C(/C=C(\N)Cl)=C(N)N)c1)C1CCN(C(=O)OC(C)(C)C)CC1. The van der Waals surface area contributed by atoms with Crippen LogP contribution in [0.5, 0.6) is 0 Å². The fourth-order valence-corrected chi connectivity index (χ4v) is 3.40. The van der Waals surface area contributed by atoms with Crippen molar-refractivity contribution in [2.24, 2.45) is 23.1 Å². The Morgan fingerprint density at radius 1 is 1.32 bits per heavy atom. The number of likely N-dealkylation sites (tertiary alicyclic amines) is 1. The second-order valence-electron chi connectivity index (χ2n) is 8.18. The molecule has 9 heteroatoms. The fraction of sp³-hybridized carbons (Fsp3) is 0.579. The lowest BCUT2D eigenvalue weighted by Crippen LogP contribution is -2.42. The zero-order valence-electron chi connectivity index (χ0n) is 17.0. The summed E-state index contributed by atoms with van der Waals surface area (Å²) >= 11 is 5.75. The molecule has 1 unspecified atom stereocenters. The van der Waals surface area contributed by atoms with Gasteiger partial charge in [-0.3, -0.25) is 0 Å². The summed E-state index contributed by atoms with van der Waals surface area (Å²) in [4.78, 5) is 14.0. The van der Waals surface area contributed by atoms with Crippen LogP contribution in [0.25, 0.3) is 5.70 Å². The van der Waals surface area contributed by atoms with E-state index in [1.807, 2.05) is 27.0 Å². The van der Waals surface area contributed by atoms with Gasteiger partial charge in [0.1, 0.15) is 22.3 Å². The summed E-state index contributed by atoms with van der Waals surface area (Å²) in [6, 6.07) is 0. The van der Waals surface area contributed by atoms with Crippen LogP contribution in [-0.4, -0.2) is 39.5 Å². The number of carbonyl (C=O) groups excluding carboxylic acids is 1. The third kappa shape index (κ3) is 5.82. The third-order valence-electron chi connectivity index (χ3n) is 4.84. The van der Waals surface area contributed by atoms with Crippen molar-refractivity contribution in [3.8, 4) is 0 Å². The first-order valence-electron chi connectivity index (χ1n) is 9.38. The Morgan fingerprint density at radius 2 is 1.93 bits per heavy atom. The molecular formula is C19H31ClN6O2. The predicted octanol–water partition coefficient (Wildman–Crippen LogP) is 2.72. The Hall–Kier alpha value is -2.35. The van der Waals surface area contributed by atoms with Gasteiger partial charge in [0, 0.05) is 25.4 Å². The van der Waals surface area contributed by atoms with Crippen LogP contribution in [0, 0.1) is 5.92 Å². The van der Waals surface area contributed by atoms with Gasteiger partial charge in [0.15, 0.2) is 0 Å². The van der Waals surface area contributed by atoms with E-state index in [2.05, 4.69) is 12.0 Å². The number of allylic oxidation sites excluding steroid dienone is 2. The van der Waals surface area contributed by atoms with Crippen LogP contribution in [0.4, 0.5) is 4.79 Å². The summed E-state index contributed by atoms with van der Waals surface area (Å²) in [5.74, 6) is 0.788. The largest absolute Gasteiger partial charge is 0.444 e. The summed E-state index contributed by atoms with van der Waals surface area (Å²) in [5, 5.41) is 4.42. The van der Waals surface area contributed by atoms with Gasteiger partial charge < -0.3 is 26.8 Å². The standard InChI is InChI=1S/C19H31ClN6O2/c1-12(13-5-7-25(8-6-13)18(27)28-19(2,3)4)14-10-24-26(11-14)15(17(22)23)9-16(20)21/h9-13H,5-8,21-23H2,1-4H3/b16-9-. The van der Waals surface area contributed by atoms with Crippen LogP contribution in [0.3, 0.4) is 0 Å². The zero-order chi connectivity index (χ0) is 21.1. The predicted molar refractivity (Wildman–Crippen MR) is 111 cm³/mol. The lowest BCUT2D eigenvalue weighted by molar-refractivity contribution is 0.0176. The Balaban J connectivity index is 2.02. The maximum atomic E-state index is 12.2. The first kappa shape index (κ1) is 21.9. The second-order valence-corrected chi connectivity index (χ2v) is 8.62. The van der Waals surface area contributed by atoms with Crippen LogP contribution >= 0.6 is 11.6 Å². The van der Waals surface area contributed by atoms with Gasteiger partial charge in [-0.15, -0.1) is 0 Å². The Morgan fingerprint density at radius 3 is 2.43 bits per heavy atom. The summed E-state index contributed by atoms with van der Waals surface area (Å²) in [6.45, 7) is 9.16. The molecule has 0 bridgehead atoms. The van der Waals surface area contributed by atoms with E-state index in [1.165, 1.54) is 6.08 Å². The van der Waals surface area contributed by atoms with Crippen LogP contribution in [0.2, 0.25) is 0 Å². The van der Waals surface area contributed by atoms with Crippen molar-refractivity contribution in [2.75, 3.05) is 13.1 Å². The van der Waals surface area contributed by atoms with E-state index in [0.29, 0.717) is 24.7 Å². The van der Waals surface area contributed by atoms with Crippen molar-refractivity contribution >= 4 is 23.4 Å². The van der Waals surface area contributed by atoms with Crippen molar-refractivity contribution < 1.29 is 9.53 Å². The molecule has 0 spiro atoms. The molecule has 1 aromatic heterocycles. The highest BCUT2D eigenvalue weighted by molar-refractivity contribution is 6.29. The number of hydrogen-bond donors (Lipinski definition) is 3. The van der Waals surface area contributed by atoms with Crippen LogP contribution in [0.1, 0.15) is 52.0 Å². The Bertz CT molecular complexity index is 749. The Kier molecular flexibility index (Phi) is 6.87. The maximum Gasteiger partial charge on any atom is 0.410 e. The minimum atomic E-state index is -0.479. The van der Waals surface area contributed by atoms with Crippen LogP contribution in [-0.2, 0) is 4.74 Å². The average molecular weight is 411 g/mol. The molecule has 0 radical (unpaired) electrons. The molecule has 1 aromatic rings. The average Bonchev–Trinajstić information content (AvgIpc) is 3.07. The first-order valence-corrected chi connectivity index (χ1v) is 9.76. The van der Waals surface area contributed by atoms with E-state index in [1.54, 1.807) is 15.8 Å². The number of aromatic nitrogens is 2. The van der Waals surface area contributed by atoms with Gasteiger partial charge in [0.05, 0.1) is 6.20 Å². The number of ether oxygens (including phenoxy) is 1. The van der Waals surface area contributed by atoms with Gasteiger partial charge in [-0.25, -0.2) is 9.48 Å². The molecule has 0 aliphatic carbocycles. The molecule has 1 fully saturated rings. The van der Waals surface area contributed by atoms with E-state index in [0.717, 1.165) is 18.4 Å². The van der Waals surface area contributed by atoms with Crippen molar-refractivity contribution in [3.63, 3.8) is 0 Å². The van der Waals surface area contributed by atoms with Crippen molar-refractivity contribution in [1.29, 1.82) is 0 Å². The summed E-state index contributed by atoms with van der Waals surface area (Å²) in [7, 11) is 0. The lowest BCUT2D eigenvalue weighted by atomic mass is 9.82. The highest BCUT2D eigenvalue weighted by Gasteiger charge is 2.30. The molecule has 1 aliphatic rings. The molecule has 0 aromatic carbocycles. The lowest BCUT2D eigenvalue weighted by Gasteiger charge is -2.35. The fourth-order valence-electron chi connectivity index (χ4n) is 3.30. The molecule has 1 saturated heterocycles. The molecule has 1 atom stereocenters. The normalized spacial score (nSPS) is 17.3. The molecular weight excluding hydrogens is 380 g/mol. The van der Waals surface area contributed by atoms with Gasteiger partial charge in [0.2, 0.25) is 0 Å². The number of rotatable bonds is 4. The molecule has 1 aliphatic heterocycles. The molecule has 2 heterocycles. The summed E-state index contributed by atoms with van der Waals surface area (Å²) < 4.78 is 7.04. The molecule has 28 heavy (non-hydrogen) atoms. The number of nitrogens with two attached hydrogens (primary N) is 3. The van der Waals surface area contributed by atoms with Crippen LogP contribution < -0.4 is 17.2 Å². The van der Waals surface area contributed by atoms with Gasteiger partial charge >= 0.3 is 6.09 Å². The number of nitrogens with zero attached hydrogens (tertiary/aromatic N) is 3. The summed E-state index contributed by atoms with van der Waals surface area (Å²) in [5.41, 5.74) is 18.0. The van der Waals surface area contributed by atoms with E-state index in [-0.39, 0.29) is 23.0 Å². The van der Waals surface area contributed by atoms with Crippen molar-refractivity contribution in [2.45, 2.75) is 52.1 Å². The van der Waals surface area contributed by atoms with Gasteiger partial charge in [0.25, 0.3) is 0 Å². The van der Waals surface area contributed by atoms with E-state index in [9.17, 15) is 4.79 Å². The van der Waals surface area contributed by atoms with E-state index in [4.69, 9.17) is 33.5 Å². The molecule has 6 N–H and O–H groups in total. The number of carbonyl (C=O) groups is 1. The molecule has 8 nitrogen and oxygen atoms in total. The number of amides is 1. The topological polar surface area (TPSA) is 125 Å². The molecule has 156 valence electrons. The number of halogens is 1. The maximum absolute atomic E-state index is 12.2. The zero-order valence-corrected chi connectivity index (χ0v) is 17.7. The number of hydrogen-bond acceptors (Lipinski definition) is 6. The van der Waals surface area contributed by atoms with E-state index >= 15 is 0 Å². The van der Waals surface area contributed by atoms with Crippen LogP contribution in [0.15, 0.2) is 29.4 Å². The van der Waals surface area contributed by atoms with Gasteiger partial charge in [-0.2, -0.15) is 5.10 Å². The monoisotopic (exact) mass is 410 g/mol. The van der Waals surface area contributed by atoms with Crippen molar-refractivity contribution in [3.05, 3.63) is 35.0 Å². The first-order chi connectivity index (χ1) is 13.0. The molecule has 1 amide bonds. The van der Waals surface area contributed by atoms with Crippen molar-refractivity contribution in [1.82, 2.24) is 14.7 Å². The highest BCUT2D eigenvalue weighted by Crippen LogP contribution is 2.33. The smallest absolute Gasteiger partial charge is 0.410 e. The van der Waals surface area contributed by atoms with Gasteiger partial charge in [-0.05, 0) is 51.0 Å².